The van der Waals surface area contributed by atoms with Crippen LogP contribution < -0.4 is 10.6 Å². The third-order valence-electron chi connectivity index (χ3n) is 2.95. The minimum Gasteiger partial charge on any atom is -0.353 e. The van der Waals surface area contributed by atoms with Gasteiger partial charge in [0.2, 0.25) is 5.91 Å². The number of urea groups is 1. The molecule has 1 aliphatic heterocycles. The van der Waals surface area contributed by atoms with Crippen LogP contribution in [-0.2, 0) is 4.79 Å². The highest BCUT2D eigenvalue weighted by Gasteiger charge is 2.29. The summed E-state index contributed by atoms with van der Waals surface area (Å²) in [7, 11) is 0. The first kappa shape index (κ1) is 14.1. The SMILES string of the molecule is CC1C(=O)NCCN1C(=O)Nc1cccc(Cl)c1Br. The van der Waals surface area contributed by atoms with Gasteiger partial charge in [-0.05, 0) is 35.0 Å². The van der Waals surface area contributed by atoms with Crippen LogP contribution in [0.15, 0.2) is 22.7 Å². The van der Waals surface area contributed by atoms with Crippen LogP contribution in [0.5, 0.6) is 0 Å². The van der Waals surface area contributed by atoms with E-state index in [0.717, 1.165) is 0 Å². The molecule has 5 nitrogen and oxygen atoms in total. The van der Waals surface area contributed by atoms with Crippen LogP contribution in [0.2, 0.25) is 5.02 Å². The fourth-order valence-corrected chi connectivity index (χ4v) is 2.39. The molecule has 0 saturated carbocycles. The molecule has 0 aliphatic carbocycles. The van der Waals surface area contributed by atoms with Crippen molar-refractivity contribution >= 4 is 45.2 Å². The van der Waals surface area contributed by atoms with Crippen LogP contribution in [0.4, 0.5) is 10.5 Å². The Morgan fingerprint density at radius 2 is 2.32 bits per heavy atom. The molecular formula is C12H13BrClN3O2. The Balaban J connectivity index is 2.12. The Hall–Kier alpha value is -1.27. The maximum atomic E-state index is 12.2. The van der Waals surface area contributed by atoms with E-state index in [9.17, 15) is 9.59 Å². The predicted octanol–water partition coefficient (Wildman–Crippen LogP) is 2.45. The van der Waals surface area contributed by atoms with E-state index >= 15 is 0 Å². The number of rotatable bonds is 1. The normalized spacial score (nSPS) is 19.0. The molecule has 0 radical (unpaired) electrons. The van der Waals surface area contributed by atoms with E-state index in [4.69, 9.17) is 11.6 Å². The molecule has 2 rings (SSSR count). The zero-order valence-electron chi connectivity index (χ0n) is 10.2. The summed E-state index contributed by atoms with van der Waals surface area (Å²) in [6, 6.07) is 4.41. The Morgan fingerprint density at radius 3 is 3.05 bits per heavy atom. The average molecular weight is 347 g/mol. The number of nitrogens with zero attached hydrogens (tertiary/aromatic N) is 1. The van der Waals surface area contributed by atoms with Crippen LogP contribution in [0.1, 0.15) is 6.92 Å². The first-order valence-corrected chi connectivity index (χ1v) is 6.97. The number of piperazine rings is 1. The standard InChI is InChI=1S/C12H13BrClN3O2/c1-7-11(18)15-5-6-17(7)12(19)16-9-4-2-3-8(14)10(9)13/h2-4,7H,5-6H2,1H3,(H,15,18)(H,16,19). The number of amides is 3. The van der Waals surface area contributed by atoms with Crippen molar-refractivity contribution in [3.8, 4) is 0 Å². The molecule has 1 aromatic carbocycles. The van der Waals surface area contributed by atoms with Gasteiger partial charge in [0.25, 0.3) is 0 Å². The summed E-state index contributed by atoms with van der Waals surface area (Å²) in [5, 5.41) is 5.97. The van der Waals surface area contributed by atoms with Gasteiger partial charge < -0.3 is 15.5 Å². The molecular weight excluding hydrogens is 334 g/mol. The summed E-state index contributed by atoms with van der Waals surface area (Å²) in [4.78, 5) is 25.2. The van der Waals surface area contributed by atoms with Crippen LogP contribution in [0.25, 0.3) is 0 Å². The molecule has 102 valence electrons. The Kier molecular flexibility index (Phi) is 4.31. The number of hydrogen-bond donors (Lipinski definition) is 2. The first-order valence-electron chi connectivity index (χ1n) is 5.80. The van der Waals surface area contributed by atoms with Gasteiger partial charge >= 0.3 is 6.03 Å². The Morgan fingerprint density at radius 1 is 1.58 bits per heavy atom. The molecule has 19 heavy (non-hydrogen) atoms. The molecule has 1 aromatic rings. The minimum atomic E-state index is -0.480. The van der Waals surface area contributed by atoms with Gasteiger partial charge in [-0.25, -0.2) is 4.79 Å². The van der Waals surface area contributed by atoms with Crippen molar-refractivity contribution in [2.75, 3.05) is 18.4 Å². The molecule has 7 heteroatoms. The van der Waals surface area contributed by atoms with Gasteiger partial charge in [-0.3, -0.25) is 4.79 Å². The van der Waals surface area contributed by atoms with Crippen LogP contribution in [0, 0.1) is 0 Å². The van der Waals surface area contributed by atoms with Crippen molar-refractivity contribution in [3.05, 3.63) is 27.7 Å². The molecule has 1 aliphatic rings. The monoisotopic (exact) mass is 345 g/mol. The van der Waals surface area contributed by atoms with Crippen molar-refractivity contribution in [2.24, 2.45) is 0 Å². The van der Waals surface area contributed by atoms with Crippen LogP contribution in [0.3, 0.4) is 0 Å². The van der Waals surface area contributed by atoms with Crippen LogP contribution >= 0.6 is 27.5 Å². The van der Waals surface area contributed by atoms with Gasteiger partial charge in [0, 0.05) is 13.1 Å². The minimum absolute atomic E-state index is 0.147. The third kappa shape index (κ3) is 3.01. The summed E-state index contributed by atoms with van der Waals surface area (Å²) in [5.74, 6) is -0.147. The number of halogens is 2. The molecule has 3 amide bonds. The highest BCUT2D eigenvalue weighted by atomic mass is 79.9. The second-order valence-corrected chi connectivity index (χ2v) is 5.39. The van der Waals surface area contributed by atoms with Gasteiger partial charge in [-0.2, -0.15) is 0 Å². The second kappa shape index (κ2) is 5.79. The van der Waals surface area contributed by atoms with Crippen molar-refractivity contribution in [3.63, 3.8) is 0 Å². The number of carbonyl (C=O) groups is 2. The van der Waals surface area contributed by atoms with Gasteiger partial charge in [-0.1, -0.05) is 17.7 Å². The summed E-state index contributed by atoms with van der Waals surface area (Å²) in [5.41, 5.74) is 0.579. The van der Waals surface area contributed by atoms with Crippen molar-refractivity contribution < 1.29 is 9.59 Å². The van der Waals surface area contributed by atoms with E-state index in [-0.39, 0.29) is 11.9 Å². The number of anilines is 1. The molecule has 0 spiro atoms. The highest BCUT2D eigenvalue weighted by molar-refractivity contribution is 9.10. The Labute approximate surface area is 124 Å². The molecule has 0 bridgehead atoms. The lowest BCUT2D eigenvalue weighted by Gasteiger charge is -2.32. The molecule has 1 atom stereocenters. The van der Waals surface area contributed by atoms with E-state index in [0.29, 0.717) is 28.3 Å². The third-order valence-corrected chi connectivity index (χ3v) is 4.35. The van der Waals surface area contributed by atoms with Gasteiger partial charge in [0.05, 0.1) is 15.2 Å². The van der Waals surface area contributed by atoms with Crippen LogP contribution in [-0.4, -0.2) is 36.0 Å². The van der Waals surface area contributed by atoms with Gasteiger partial charge in [0.1, 0.15) is 6.04 Å². The van der Waals surface area contributed by atoms with E-state index < -0.39 is 6.04 Å². The quantitative estimate of drug-likeness (QED) is 0.820. The maximum absolute atomic E-state index is 12.2. The topological polar surface area (TPSA) is 61.4 Å². The van der Waals surface area contributed by atoms with Crippen molar-refractivity contribution in [2.45, 2.75) is 13.0 Å². The zero-order valence-corrected chi connectivity index (χ0v) is 12.6. The van der Waals surface area contributed by atoms with Crippen molar-refractivity contribution in [1.29, 1.82) is 0 Å². The number of carbonyl (C=O) groups excluding carboxylic acids is 2. The van der Waals surface area contributed by atoms with E-state index in [1.807, 2.05) is 0 Å². The smallest absolute Gasteiger partial charge is 0.322 e. The number of nitrogens with one attached hydrogen (secondary N) is 2. The lowest BCUT2D eigenvalue weighted by atomic mass is 10.2. The second-order valence-electron chi connectivity index (χ2n) is 4.19. The summed E-state index contributed by atoms with van der Waals surface area (Å²) in [6.07, 6.45) is 0. The zero-order chi connectivity index (χ0) is 14.0. The molecule has 1 fully saturated rings. The molecule has 1 saturated heterocycles. The highest BCUT2D eigenvalue weighted by Crippen LogP contribution is 2.30. The number of benzene rings is 1. The lowest BCUT2D eigenvalue weighted by Crippen LogP contribution is -2.56. The molecule has 1 heterocycles. The Bertz CT molecular complexity index is 524. The van der Waals surface area contributed by atoms with E-state index in [1.165, 1.54) is 4.90 Å². The summed E-state index contributed by atoms with van der Waals surface area (Å²) >= 11 is 9.27. The molecule has 2 N–H and O–H groups in total. The first-order chi connectivity index (χ1) is 9.00. The van der Waals surface area contributed by atoms with E-state index in [2.05, 4.69) is 26.6 Å². The maximum Gasteiger partial charge on any atom is 0.322 e. The lowest BCUT2D eigenvalue weighted by molar-refractivity contribution is -0.126. The fraction of sp³-hybridized carbons (Fsp3) is 0.333. The predicted molar refractivity (Wildman–Crippen MR) is 77.3 cm³/mol. The molecule has 0 aromatic heterocycles. The van der Waals surface area contributed by atoms with Gasteiger partial charge in [0.15, 0.2) is 0 Å². The van der Waals surface area contributed by atoms with E-state index in [1.54, 1.807) is 25.1 Å². The number of hydrogen-bond acceptors (Lipinski definition) is 2. The largest absolute Gasteiger partial charge is 0.353 e. The van der Waals surface area contributed by atoms with Gasteiger partial charge in [-0.15, -0.1) is 0 Å². The molecule has 1 unspecified atom stereocenters. The summed E-state index contributed by atoms with van der Waals surface area (Å²) < 4.78 is 0.624. The average Bonchev–Trinajstić information content (AvgIpc) is 2.38. The fourth-order valence-electron chi connectivity index (χ4n) is 1.85. The van der Waals surface area contributed by atoms with Crippen molar-refractivity contribution in [1.82, 2.24) is 10.2 Å². The summed E-state index contributed by atoms with van der Waals surface area (Å²) in [6.45, 7) is 2.64.